The lowest BCUT2D eigenvalue weighted by Crippen LogP contribution is -2.45. The Morgan fingerprint density at radius 3 is 1.63 bits per heavy atom. The van der Waals surface area contributed by atoms with Crippen LogP contribution in [0.5, 0.6) is 5.75 Å². The second kappa shape index (κ2) is 9.21. The Morgan fingerprint density at radius 1 is 0.815 bits per heavy atom. The summed E-state index contributed by atoms with van der Waals surface area (Å²) < 4.78 is 5.69. The first-order chi connectivity index (χ1) is 12.6. The van der Waals surface area contributed by atoms with Gasteiger partial charge in [0.25, 0.3) is 0 Å². The standard InChI is InChI=1S/C23H30O2.C2H6/c1-16(2)22(4,5)23(6,7)21(24)25-20-14-12-19(13-15-20)18-10-8-17(3)9-11-18;1-2/h8-16H,1-7H3;1-2H3. The number of ether oxygens (including phenoxy) is 1. The lowest BCUT2D eigenvalue weighted by molar-refractivity contribution is -0.152. The minimum absolute atomic E-state index is 0.161. The molecule has 0 fully saturated rings. The van der Waals surface area contributed by atoms with Gasteiger partial charge in [0.2, 0.25) is 0 Å². The zero-order valence-electron chi connectivity index (χ0n) is 18.5. The molecule has 0 amide bonds. The van der Waals surface area contributed by atoms with E-state index in [1.54, 1.807) is 0 Å². The van der Waals surface area contributed by atoms with Crippen LogP contribution in [0.15, 0.2) is 48.5 Å². The summed E-state index contributed by atoms with van der Waals surface area (Å²) in [4.78, 5) is 12.8. The minimum Gasteiger partial charge on any atom is -0.426 e. The van der Waals surface area contributed by atoms with E-state index in [0.29, 0.717) is 11.7 Å². The van der Waals surface area contributed by atoms with Crippen LogP contribution in [-0.2, 0) is 4.79 Å². The van der Waals surface area contributed by atoms with E-state index < -0.39 is 5.41 Å². The van der Waals surface area contributed by atoms with Gasteiger partial charge in [-0.2, -0.15) is 0 Å². The molecule has 0 radical (unpaired) electrons. The van der Waals surface area contributed by atoms with Crippen LogP contribution in [0.2, 0.25) is 0 Å². The first-order valence-electron chi connectivity index (χ1n) is 9.95. The number of aryl methyl sites for hydroxylation is 1. The Balaban J connectivity index is 0.00000176. The highest BCUT2D eigenvalue weighted by molar-refractivity contribution is 5.79. The third-order valence-corrected chi connectivity index (χ3v) is 6.01. The van der Waals surface area contributed by atoms with Gasteiger partial charge in [-0.25, -0.2) is 0 Å². The molecular weight excluding hydrogens is 332 g/mol. The first-order valence-corrected chi connectivity index (χ1v) is 9.95. The van der Waals surface area contributed by atoms with E-state index >= 15 is 0 Å². The highest BCUT2D eigenvalue weighted by atomic mass is 16.5. The number of esters is 1. The van der Waals surface area contributed by atoms with Crippen molar-refractivity contribution >= 4 is 5.97 Å². The van der Waals surface area contributed by atoms with Crippen LogP contribution in [0.1, 0.15) is 61.0 Å². The molecule has 2 aromatic carbocycles. The molecule has 27 heavy (non-hydrogen) atoms. The fourth-order valence-corrected chi connectivity index (χ4v) is 2.68. The van der Waals surface area contributed by atoms with Crippen molar-refractivity contribution in [2.75, 3.05) is 0 Å². The molecule has 2 aromatic rings. The summed E-state index contributed by atoms with van der Waals surface area (Å²) in [7, 11) is 0. The predicted octanol–water partition coefficient (Wildman–Crippen LogP) is 7.30. The molecule has 0 aliphatic rings. The molecule has 0 bridgehead atoms. The van der Waals surface area contributed by atoms with Gasteiger partial charge in [-0.15, -0.1) is 0 Å². The third-order valence-electron chi connectivity index (χ3n) is 6.01. The summed E-state index contributed by atoms with van der Waals surface area (Å²) in [6.45, 7) is 18.5. The number of carbonyl (C=O) groups is 1. The molecule has 0 atom stereocenters. The zero-order valence-corrected chi connectivity index (χ0v) is 18.5. The van der Waals surface area contributed by atoms with Crippen molar-refractivity contribution in [3.63, 3.8) is 0 Å². The maximum atomic E-state index is 12.8. The topological polar surface area (TPSA) is 26.3 Å². The lowest BCUT2D eigenvalue weighted by atomic mass is 9.62. The molecule has 0 spiro atoms. The predicted molar refractivity (Wildman–Crippen MR) is 116 cm³/mol. The molecule has 2 heteroatoms. The lowest BCUT2D eigenvalue weighted by Gasteiger charge is -2.42. The molecule has 0 saturated carbocycles. The van der Waals surface area contributed by atoms with Crippen molar-refractivity contribution < 1.29 is 9.53 Å². The van der Waals surface area contributed by atoms with Crippen molar-refractivity contribution in [3.05, 3.63) is 54.1 Å². The maximum Gasteiger partial charge on any atom is 0.317 e. The highest BCUT2D eigenvalue weighted by Gasteiger charge is 2.46. The van der Waals surface area contributed by atoms with Crippen molar-refractivity contribution in [3.8, 4) is 16.9 Å². The summed E-state index contributed by atoms with van der Waals surface area (Å²) in [5.74, 6) is 0.779. The molecule has 0 aliphatic heterocycles. The molecule has 2 rings (SSSR count). The summed E-state index contributed by atoms with van der Waals surface area (Å²) in [6, 6.07) is 16.1. The van der Waals surface area contributed by atoms with Crippen molar-refractivity contribution in [1.82, 2.24) is 0 Å². The van der Waals surface area contributed by atoms with Crippen molar-refractivity contribution in [2.45, 2.75) is 62.3 Å². The van der Waals surface area contributed by atoms with Crippen molar-refractivity contribution in [1.29, 1.82) is 0 Å². The first kappa shape index (κ1) is 23.0. The van der Waals surface area contributed by atoms with Gasteiger partial charge in [-0.05, 0) is 55.4 Å². The average Bonchev–Trinajstić information content (AvgIpc) is 2.64. The summed E-state index contributed by atoms with van der Waals surface area (Å²) in [6.07, 6.45) is 0. The van der Waals surface area contributed by atoms with E-state index in [4.69, 9.17) is 4.74 Å². The number of rotatable bonds is 5. The number of hydrogen-bond donors (Lipinski definition) is 0. The van der Waals surface area contributed by atoms with Crippen molar-refractivity contribution in [2.24, 2.45) is 16.7 Å². The summed E-state index contributed by atoms with van der Waals surface area (Å²) >= 11 is 0. The van der Waals surface area contributed by atoms with Gasteiger partial charge >= 0.3 is 5.97 Å². The average molecular weight is 369 g/mol. The van der Waals surface area contributed by atoms with E-state index in [1.807, 2.05) is 52.0 Å². The quantitative estimate of drug-likeness (QED) is 0.409. The molecule has 148 valence electrons. The number of benzene rings is 2. The van der Waals surface area contributed by atoms with E-state index in [2.05, 4.69) is 58.9 Å². The van der Waals surface area contributed by atoms with Crippen LogP contribution in [0.3, 0.4) is 0 Å². The van der Waals surface area contributed by atoms with E-state index in [9.17, 15) is 4.79 Å². The smallest absolute Gasteiger partial charge is 0.317 e. The molecule has 0 unspecified atom stereocenters. The Hall–Kier alpha value is -2.09. The van der Waals surface area contributed by atoms with Crippen LogP contribution < -0.4 is 4.74 Å². The van der Waals surface area contributed by atoms with Crippen LogP contribution in [-0.4, -0.2) is 5.97 Å². The van der Waals surface area contributed by atoms with Crippen LogP contribution in [0.25, 0.3) is 11.1 Å². The van der Waals surface area contributed by atoms with Crippen LogP contribution >= 0.6 is 0 Å². The molecule has 0 saturated heterocycles. The van der Waals surface area contributed by atoms with Gasteiger partial charge in [0.05, 0.1) is 5.41 Å². The fourth-order valence-electron chi connectivity index (χ4n) is 2.68. The monoisotopic (exact) mass is 368 g/mol. The van der Waals surface area contributed by atoms with Gasteiger partial charge in [0.1, 0.15) is 5.75 Å². The van der Waals surface area contributed by atoms with Gasteiger partial charge in [-0.3, -0.25) is 4.79 Å². The van der Waals surface area contributed by atoms with E-state index in [-0.39, 0.29) is 11.4 Å². The Kier molecular flexibility index (Phi) is 7.83. The van der Waals surface area contributed by atoms with Gasteiger partial charge in [0.15, 0.2) is 0 Å². The van der Waals surface area contributed by atoms with Gasteiger partial charge < -0.3 is 4.74 Å². The zero-order chi connectivity index (χ0) is 20.8. The van der Waals surface area contributed by atoms with E-state index in [0.717, 1.165) is 11.1 Å². The molecule has 0 aromatic heterocycles. The fraction of sp³-hybridized carbons (Fsp3) is 0.480. The molecule has 0 aliphatic carbocycles. The summed E-state index contributed by atoms with van der Waals surface area (Å²) in [5, 5.41) is 0. The third kappa shape index (κ3) is 5.22. The SMILES string of the molecule is CC.Cc1ccc(-c2ccc(OC(=O)C(C)(C)C(C)(C)C(C)C)cc2)cc1. The molecule has 2 nitrogen and oxygen atoms in total. The molecule has 0 heterocycles. The minimum atomic E-state index is -0.573. The largest absolute Gasteiger partial charge is 0.426 e. The number of carbonyl (C=O) groups excluding carboxylic acids is 1. The molecular formula is C25H36O2. The highest BCUT2D eigenvalue weighted by Crippen LogP contribution is 2.45. The Morgan fingerprint density at radius 2 is 1.22 bits per heavy atom. The van der Waals surface area contributed by atoms with Gasteiger partial charge in [0, 0.05) is 0 Å². The number of hydrogen-bond acceptors (Lipinski definition) is 2. The second-order valence-electron chi connectivity index (χ2n) is 8.28. The Bertz CT molecular complexity index is 720. The second-order valence-corrected chi connectivity index (χ2v) is 8.28. The maximum absolute atomic E-state index is 12.8. The Labute approximate surface area is 166 Å². The van der Waals surface area contributed by atoms with Gasteiger partial charge in [-0.1, -0.05) is 83.5 Å². The van der Waals surface area contributed by atoms with Crippen LogP contribution in [0, 0.1) is 23.7 Å². The summed E-state index contributed by atoms with van der Waals surface area (Å²) in [5.41, 5.74) is 2.78. The molecule has 0 N–H and O–H groups in total. The normalized spacial score (nSPS) is 11.6. The van der Waals surface area contributed by atoms with E-state index in [1.165, 1.54) is 5.56 Å². The van der Waals surface area contributed by atoms with Crippen LogP contribution in [0.4, 0.5) is 0 Å².